The first-order chi connectivity index (χ1) is 8.33. The highest BCUT2D eigenvalue weighted by molar-refractivity contribution is 8.06. The van der Waals surface area contributed by atoms with E-state index in [0.29, 0.717) is 6.04 Å². The minimum atomic E-state index is 0.572. The maximum Gasteiger partial charge on any atom is 0.0522 e. The maximum absolute atomic E-state index is 4.34. The summed E-state index contributed by atoms with van der Waals surface area (Å²) in [6.45, 7) is 3.08. The molecule has 1 aromatic heterocycles. The lowest BCUT2D eigenvalue weighted by Crippen LogP contribution is -2.40. The zero-order valence-electron chi connectivity index (χ0n) is 10.6. The van der Waals surface area contributed by atoms with Crippen LogP contribution in [0.1, 0.15) is 12.5 Å². The molecule has 1 N–H and O–H groups in total. The molecule has 5 heteroatoms. The summed E-state index contributed by atoms with van der Waals surface area (Å²) < 4.78 is 2.00. The molecule has 0 amide bonds. The second kappa shape index (κ2) is 6.71. The molecule has 0 saturated carbocycles. The summed E-state index contributed by atoms with van der Waals surface area (Å²) in [6.07, 6.45) is 5.27. The average Bonchev–Trinajstić information content (AvgIpc) is 2.84. The summed E-state index contributed by atoms with van der Waals surface area (Å²) >= 11 is 4.20. The van der Waals surface area contributed by atoms with Gasteiger partial charge in [0.25, 0.3) is 0 Å². The van der Waals surface area contributed by atoms with Crippen LogP contribution in [0.3, 0.4) is 0 Å². The topological polar surface area (TPSA) is 29.9 Å². The average molecular weight is 271 g/mol. The SMILES string of the molecule is CCn1cc(CC(NC)C2CSCCS2)cn1. The van der Waals surface area contributed by atoms with Crippen LogP contribution in [0.15, 0.2) is 12.4 Å². The number of hydrogen-bond acceptors (Lipinski definition) is 4. The molecular formula is C12H21N3S2. The third kappa shape index (κ3) is 3.66. The molecule has 1 aliphatic heterocycles. The van der Waals surface area contributed by atoms with Crippen LogP contribution in [0, 0.1) is 0 Å². The van der Waals surface area contributed by atoms with E-state index in [0.717, 1.165) is 18.2 Å². The number of aryl methyl sites for hydroxylation is 1. The van der Waals surface area contributed by atoms with Gasteiger partial charge in [0, 0.05) is 41.3 Å². The molecule has 0 aliphatic carbocycles. The minimum absolute atomic E-state index is 0.572. The van der Waals surface area contributed by atoms with Gasteiger partial charge >= 0.3 is 0 Å². The van der Waals surface area contributed by atoms with E-state index in [2.05, 4.69) is 54.1 Å². The lowest BCUT2D eigenvalue weighted by Gasteiger charge is -2.29. The summed E-state index contributed by atoms with van der Waals surface area (Å²) in [4.78, 5) is 0. The lowest BCUT2D eigenvalue weighted by atomic mass is 10.1. The fraction of sp³-hybridized carbons (Fsp3) is 0.750. The lowest BCUT2D eigenvalue weighted by molar-refractivity contribution is 0.556. The maximum atomic E-state index is 4.34. The smallest absolute Gasteiger partial charge is 0.0522 e. The fourth-order valence-corrected chi connectivity index (χ4v) is 5.02. The molecule has 2 rings (SSSR count). The van der Waals surface area contributed by atoms with Crippen molar-refractivity contribution in [2.24, 2.45) is 0 Å². The number of hydrogen-bond donors (Lipinski definition) is 1. The van der Waals surface area contributed by atoms with Gasteiger partial charge in [-0.25, -0.2) is 0 Å². The van der Waals surface area contributed by atoms with Crippen molar-refractivity contribution in [2.75, 3.05) is 24.3 Å². The van der Waals surface area contributed by atoms with Crippen LogP contribution in [0.5, 0.6) is 0 Å². The molecular weight excluding hydrogens is 250 g/mol. The molecule has 0 spiro atoms. The number of rotatable bonds is 5. The van der Waals surface area contributed by atoms with Gasteiger partial charge in [0.1, 0.15) is 0 Å². The summed E-state index contributed by atoms with van der Waals surface area (Å²) in [5, 5.41) is 8.56. The van der Waals surface area contributed by atoms with E-state index in [1.807, 2.05) is 10.9 Å². The monoisotopic (exact) mass is 271 g/mol. The molecule has 17 heavy (non-hydrogen) atoms. The van der Waals surface area contributed by atoms with E-state index in [1.165, 1.54) is 22.8 Å². The summed E-state index contributed by atoms with van der Waals surface area (Å²) in [6, 6.07) is 0.572. The Kier molecular flexibility index (Phi) is 5.25. The Morgan fingerprint density at radius 2 is 2.47 bits per heavy atom. The largest absolute Gasteiger partial charge is 0.316 e. The van der Waals surface area contributed by atoms with Crippen LogP contribution in [-0.4, -0.2) is 45.4 Å². The number of aromatic nitrogens is 2. The number of likely N-dealkylation sites (N-methyl/N-ethyl adjacent to an activating group) is 1. The number of thioether (sulfide) groups is 2. The Balaban J connectivity index is 1.93. The second-order valence-corrected chi connectivity index (χ2v) is 6.78. The molecule has 2 heterocycles. The standard InChI is InChI=1S/C12H21N3S2/c1-3-15-8-10(7-14-15)6-11(13-2)12-9-16-4-5-17-12/h7-8,11-13H,3-6,9H2,1-2H3. The van der Waals surface area contributed by atoms with Crippen molar-refractivity contribution in [1.82, 2.24) is 15.1 Å². The van der Waals surface area contributed by atoms with Crippen LogP contribution in [0.2, 0.25) is 0 Å². The first-order valence-corrected chi connectivity index (χ1v) is 8.41. The minimum Gasteiger partial charge on any atom is -0.316 e. The van der Waals surface area contributed by atoms with Crippen molar-refractivity contribution >= 4 is 23.5 Å². The summed E-state index contributed by atoms with van der Waals surface area (Å²) in [5.41, 5.74) is 1.35. The van der Waals surface area contributed by atoms with Gasteiger partial charge < -0.3 is 5.32 Å². The molecule has 3 nitrogen and oxygen atoms in total. The van der Waals surface area contributed by atoms with Gasteiger partial charge in [0.15, 0.2) is 0 Å². The van der Waals surface area contributed by atoms with Gasteiger partial charge in [-0.1, -0.05) is 0 Å². The summed E-state index contributed by atoms with van der Waals surface area (Å²) in [7, 11) is 2.08. The van der Waals surface area contributed by atoms with E-state index >= 15 is 0 Å². The van der Waals surface area contributed by atoms with E-state index in [-0.39, 0.29) is 0 Å². The number of nitrogens with one attached hydrogen (secondary N) is 1. The van der Waals surface area contributed by atoms with Gasteiger partial charge in [0.05, 0.1) is 6.20 Å². The van der Waals surface area contributed by atoms with Gasteiger partial charge in [0.2, 0.25) is 0 Å². The van der Waals surface area contributed by atoms with Crippen molar-refractivity contribution in [3.8, 4) is 0 Å². The van der Waals surface area contributed by atoms with Crippen molar-refractivity contribution in [3.63, 3.8) is 0 Å². The highest BCUT2D eigenvalue weighted by atomic mass is 32.2. The first-order valence-electron chi connectivity index (χ1n) is 6.21. The Morgan fingerprint density at radius 3 is 3.06 bits per heavy atom. The quantitative estimate of drug-likeness (QED) is 0.885. The number of nitrogens with zero attached hydrogens (tertiary/aromatic N) is 2. The fourth-order valence-electron chi connectivity index (χ4n) is 2.10. The van der Waals surface area contributed by atoms with Gasteiger partial charge in [-0.05, 0) is 26.0 Å². The molecule has 0 bridgehead atoms. The van der Waals surface area contributed by atoms with Crippen molar-refractivity contribution < 1.29 is 0 Å². The Labute approximate surface area is 112 Å². The third-order valence-corrected chi connectivity index (χ3v) is 6.05. The van der Waals surface area contributed by atoms with Crippen LogP contribution < -0.4 is 5.32 Å². The first kappa shape index (κ1) is 13.3. The van der Waals surface area contributed by atoms with Crippen molar-refractivity contribution in [3.05, 3.63) is 18.0 Å². The van der Waals surface area contributed by atoms with Gasteiger partial charge in [-0.2, -0.15) is 28.6 Å². The van der Waals surface area contributed by atoms with Gasteiger partial charge in [-0.3, -0.25) is 4.68 Å². The van der Waals surface area contributed by atoms with Crippen molar-refractivity contribution in [2.45, 2.75) is 31.2 Å². The second-order valence-electron chi connectivity index (χ2n) is 4.29. The molecule has 1 fully saturated rings. The molecule has 1 aliphatic rings. The van der Waals surface area contributed by atoms with E-state index in [1.54, 1.807) is 0 Å². The predicted octanol–water partition coefficient (Wildman–Crippen LogP) is 1.88. The molecule has 2 unspecified atom stereocenters. The van der Waals surface area contributed by atoms with Crippen LogP contribution in [0.25, 0.3) is 0 Å². The third-order valence-electron chi connectivity index (χ3n) is 3.13. The zero-order chi connectivity index (χ0) is 12.1. The van der Waals surface area contributed by atoms with E-state index in [9.17, 15) is 0 Å². The zero-order valence-corrected chi connectivity index (χ0v) is 12.2. The van der Waals surface area contributed by atoms with Crippen LogP contribution >= 0.6 is 23.5 Å². The normalized spacial score (nSPS) is 22.6. The Hall–Kier alpha value is -0.130. The Bertz CT molecular complexity index is 334. The van der Waals surface area contributed by atoms with E-state index < -0.39 is 0 Å². The molecule has 0 radical (unpaired) electrons. The van der Waals surface area contributed by atoms with Crippen molar-refractivity contribution in [1.29, 1.82) is 0 Å². The molecule has 0 aromatic carbocycles. The molecule has 2 atom stereocenters. The van der Waals surface area contributed by atoms with E-state index in [4.69, 9.17) is 0 Å². The highest BCUT2D eigenvalue weighted by Crippen LogP contribution is 2.27. The Morgan fingerprint density at radius 1 is 1.59 bits per heavy atom. The highest BCUT2D eigenvalue weighted by Gasteiger charge is 2.23. The van der Waals surface area contributed by atoms with Crippen LogP contribution in [-0.2, 0) is 13.0 Å². The van der Waals surface area contributed by atoms with Crippen LogP contribution in [0.4, 0.5) is 0 Å². The summed E-state index contributed by atoms with van der Waals surface area (Å²) in [5.74, 6) is 3.88. The molecule has 1 aromatic rings. The molecule has 96 valence electrons. The molecule has 1 saturated heterocycles. The predicted molar refractivity (Wildman–Crippen MR) is 78.0 cm³/mol. The van der Waals surface area contributed by atoms with Gasteiger partial charge in [-0.15, -0.1) is 0 Å².